The summed E-state index contributed by atoms with van der Waals surface area (Å²) in [6, 6.07) is 12.1. The fourth-order valence-corrected chi connectivity index (χ4v) is 4.00. The van der Waals surface area contributed by atoms with Gasteiger partial charge < -0.3 is 14.4 Å². The lowest BCUT2D eigenvalue weighted by atomic mass is 10.1. The maximum absolute atomic E-state index is 14.0. The van der Waals surface area contributed by atoms with Crippen molar-refractivity contribution in [3.8, 4) is 11.5 Å². The van der Waals surface area contributed by atoms with Crippen molar-refractivity contribution in [2.75, 3.05) is 20.0 Å². The lowest BCUT2D eigenvalue weighted by molar-refractivity contribution is -0.128. The van der Waals surface area contributed by atoms with E-state index < -0.39 is 0 Å². The monoisotopic (exact) mass is 347 g/mol. The standard InChI is InChI=1S/C18H18FNO3S/c1-22-15-9-5-7-13(17(15)23-2)18-20(16(21)11-24-18)10-12-6-3-4-8-14(12)19/h3-9,18H,10-11H2,1-2H3. The van der Waals surface area contributed by atoms with Gasteiger partial charge >= 0.3 is 0 Å². The molecule has 0 aliphatic carbocycles. The molecule has 0 aromatic heterocycles. The molecule has 4 nitrogen and oxygen atoms in total. The van der Waals surface area contributed by atoms with Gasteiger partial charge in [0.15, 0.2) is 11.5 Å². The van der Waals surface area contributed by atoms with E-state index in [2.05, 4.69) is 0 Å². The van der Waals surface area contributed by atoms with Crippen LogP contribution in [0.5, 0.6) is 11.5 Å². The third-order valence-corrected chi connectivity index (χ3v) is 5.20. The molecule has 0 saturated carbocycles. The summed E-state index contributed by atoms with van der Waals surface area (Å²) in [5, 5.41) is -0.234. The summed E-state index contributed by atoms with van der Waals surface area (Å²) in [5.41, 5.74) is 1.35. The predicted molar refractivity (Wildman–Crippen MR) is 91.7 cm³/mol. The Bertz CT molecular complexity index is 753. The van der Waals surface area contributed by atoms with Crippen LogP contribution < -0.4 is 9.47 Å². The molecule has 1 atom stereocenters. The average Bonchev–Trinajstić information content (AvgIpc) is 2.96. The number of rotatable bonds is 5. The average molecular weight is 347 g/mol. The van der Waals surface area contributed by atoms with Gasteiger partial charge in [-0.15, -0.1) is 11.8 Å². The van der Waals surface area contributed by atoms with Crippen molar-refractivity contribution in [1.29, 1.82) is 0 Å². The number of hydrogen-bond donors (Lipinski definition) is 0. The van der Waals surface area contributed by atoms with E-state index in [-0.39, 0.29) is 23.6 Å². The van der Waals surface area contributed by atoms with Crippen molar-refractivity contribution in [3.05, 3.63) is 59.4 Å². The van der Waals surface area contributed by atoms with Gasteiger partial charge in [-0.05, 0) is 12.1 Å². The number of halogens is 1. The first-order valence-corrected chi connectivity index (χ1v) is 8.56. The number of thioether (sulfide) groups is 1. The Balaban J connectivity index is 1.96. The molecule has 1 unspecified atom stereocenters. The summed E-state index contributed by atoms with van der Waals surface area (Å²) in [6.07, 6.45) is 0. The highest BCUT2D eigenvalue weighted by atomic mass is 32.2. The molecule has 3 rings (SSSR count). The van der Waals surface area contributed by atoms with Gasteiger partial charge in [0.1, 0.15) is 11.2 Å². The van der Waals surface area contributed by atoms with Gasteiger partial charge in [-0.3, -0.25) is 4.79 Å². The van der Waals surface area contributed by atoms with Crippen LogP contribution >= 0.6 is 11.8 Å². The third-order valence-electron chi connectivity index (χ3n) is 3.97. The molecule has 1 heterocycles. The van der Waals surface area contributed by atoms with E-state index in [1.54, 1.807) is 37.3 Å². The summed E-state index contributed by atoms with van der Waals surface area (Å²) in [4.78, 5) is 14.0. The molecule has 1 aliphatic heterocycles. The second kappa shape index (κ2) is 7.13. The highest BCUT2D eigenvalue weighted by molar-refractivity contribution is 8.00. The largest absolute Gasteiger partial charge is 0.493 e. The highest BCUT2D eigenvalue weighted by Crippen LogP contribution is 2.46. The Hall–Kier alpha value is -2.21. The number of para-hydroxylation sites is 1. The Kier molecular flexibility index (Phi) is 4.94. The van der Waals surface area contributed by atoms with Crippen LogP contribution in [0.1, 0.15) is 16.5 Å². The third kappa shape index (κ3) is 3.06. The zero-order valence-electron chi connectivity index (χ0n) is 13.5. The number of ether oxygens (including phenoxy) is 2. The van der Waals surface area contributed by atoms with Gasteiger partial charge in [-0.1, -0.05) is 30.3 Å². The molecule has 0 spiro atoms. The van der Waals surface area contributed by atoms with Crippen LogP contribution in [0.3, 0.4) is 0 Å². The minimum atomic E-state index is -0.307. The Morgan fingerprint density at radius 3 is 2.67 bits per heavy atom. The maximum Gasteiger partial charge on any atom is 0.234 e. The van der Waals surface area contributed by atoms with Gasteiger partial charge in [-0.25, -0.2) is 4.39 Å². The van der Waals surface area contributed by atoms with Crippen molar-refractivity contribution in [2.24, 2.45) is 0 Å². The molecular formula is C18H18FNO3S. The first kappa shape index (κ1) is 16.6. The predicted octanol–water partition coefficient (Wildman–Crippen LogP) is 3.62. The minimum absolute atomic E-state index is 0.0156. The first-order valence-electron chi connectivity index (χ1n) is 7.51. The zero-order chi connectivity index (χ0) is 17.1. The quantitative estimate of drug-likeness (QED) is 0.828. The Morgan fingerprint density at radius 1 is 1.17 bits per heavy atom. The number of methoxy groups -OCH3 is 2. The van der Waals surface area contributed by atoms with E-state index in [0.29, 0.717) is 22.8 Å². The van der Waals surface area contributed by atoms with E-state index in [1.807, 2.05) is 18.2 Å². The second-order valence-electron chi connectivity index (χ2n) is 5.36. The topological polar surface area (TPSA) is 38.8 Å². The van der Waals surface area contributed by atoms with Crippen molar-refractivity contribution in [1.82, 2.24) is 4.90 Å². The number of amides is 1. The Morgan fingerprint density at radius 2 is 1.96 bits per heavy atom. The Labute approximate surface area is 144 Å². The van der Waals surface area contributed by atoms with Gasteiger partial charge in [-0.2, -0.15) is 0 Å². The van der Waals surface area contributed by atoms with Crippen LogP contribution in [0, 0.1) is 5.82 Å². The molecule has 0 radical (unpaired) electrons. The first-order chi connectivity index (χ1) is 11.7. The van der Waals surface area contributed by atoms with E-state index in [9.17, 15) is 9.18 Å². The molecule has 2 aromatic carbocycles. The SMILES string of the molecule is COc1cccc(C2SCC(=O)N2Cc2ccccc2F)c1OC. The number of carbonyl (C=O) groups is 1. The number of hydrogen-bond acceptors (Lipinski definition) is 4. The second-order valence-corrected chi connectivity index (χ2v) is 6.43. The maximum atomic E-state index is 14.0. The molecule has 1 aliphatic rings. The fourth-order valence-electron chi connectivity index (χ4n) is 2.80. The van der Waals surface area contributed by atoms with Crippen LogP contribution in [0.4, 0.5) is 4.39 Å². The van der Waals surface area contributed by atoms with E-state index in [4.69, 9.17) is 9.47 Å². The van der Waals surface area contributed by atoms with Crippen LogP contribution in [0.25, 0.3) is 0 Å². The van der Waals surface area contributed by atoms with Crippen molar-refractivity contribution >= 4 is 17.7 Å². The number of nitrogens with zero attached hydrogens (tertiary/aromatic N) is 1. The highest BCUT2D eigenvalue weighted by Gasteiger charge is 2.35. The molecular weight excluding hydrogens is 329 g/mol. The van der Waals surface area contributed by atoms with E-state index in [1.165, 1.54) is 17.8 Å². The van der Waals surface area contributed by atoms with Gasteiger partial charge in [0.2, 0.25) is 5.91 Å². The summed E-state index contributed by atoms with van der Waals surface area (Å²) < 4.78 is 24.8. The molecule has 1 saturated heterocycles. The van der Waals surface area contributed by atoms with Crippen LogP contribution in [-0.4, -0.2) is 30.8 Å². The molecule has 0 N–H and O–H groups in total. The van der Waals surface area contributed by atoms with Gasteiger partial charge in [0.25, 0.3) is 0 Å². The van der Waals surface area contributed by atoms with Crippen LogP contribution in [0.15, 0.2) is 42.5 Å². The van der Waals surface area contributed by atoms with Crippen molar-refractivity contribution in [3.63, 3.8) is 0 Å². The number of benzene rings is 2. The molecule has 6 heteroatoms. The summed E-state index contributed by atoms with van der Waals surface area (Å²) in [6.45, 7) is 0.226. The lowest BCUT2D eigenvalue weighted by Crippen LogP contribution is -2.28. The molecule has 126 valence electrons. The van der Waals surface area contributed by atoms with Gasteiger partial charge in [0.05, 0.1) is 20.0 Å². The van der Waals surface area contributed by atoms with Crippen molar-refractivity contribution < 1.29 is 18.7 Å². The van der Waals surface area contributed by atoms with E-state index in [0.717, 1.165) is 5.56 Å². The summed E-state index contributed by atoms with van der Waals surface area (Å²) in [7, 11) is 3.15. The smallest absolute Gasteiger partial charge is 0.234 e. The molecule has 1 fully saturated rings. The molecule has 1 amide bonds. The molecule has 24 heavy (non-hydrogen) atoms. The van der Waals surface area contributed by atoms with Gasteiger partial charge in [0, 0.05) is 17.7 Å². The fraction of sp³-hybridized carbons (Fsp3) is 0.278. The van der Waals surface area contributed by atoms with Crippen molar-refractivity contribution in [2.45, 2.75) is 11.9 Å². The minimum Gasteiger partial charge on any atom is -0.493 e. The summed E-state index contributed by atoms with van der Waals surface area (Å²) in [5.74, 6) is 1.25. The van der Waals surface area contributed by atoms with Crippen LogP contribution in [-0.2, 0) is 11.3 Å². The zero-order valence-corrected chi connectivity index (χ0v) is 14.3. The lowest BCUT2D eigenvalue weighted by Gasteiger charge is -2.26. The van der Waals surface area contributed by atoms with E-state index >= 15 is 0 Å². The molecule has 2 aromatic rings. The number of carbonyl (C=O) groups excluding carboxylic acids is 1. The molecule has 0 bridgehead atoms. The summed E-state index contributed by atoms with van der Waals surface area (Å²) >= 11 is 1.50. The van der Waals surface area contributed by atoms with Crippen LogP contribution in [0.2, 0.25) is 0 Å². The normalized spacial score (nSPS) is 17.2.